The molecule has 2 aromatic carbocycles. The molecule has 2 aromatic heterocycles. The molecule has 2 fully saturated rings. The van der Waals surface area contributed by atoms with Gasteiger partial charge in [-0.15, -0.1) is 0 Å². The first kappa shape index (κ1) is 26.1. The third-order valence-corrected chi connectivity index (χ3v) is 8.55. The monoisotopic (exact) mass is 563 g/mol. The standard InChI is InChI=1S/C32H33N7O3/c1-21-15-26(22-7-4-3-5-8-22)29(36(21)2)30(40)31(41)35-23-9-10-27-28(16-23)42-20-25-19-38(13-14-39(25)27)32-33-17-24(18-34-32)37-11-6-12-37/h3-5,7-10,15-18,25H,6,11-14,19-20H2,1-2H3,(H,35,41)/t25-/m1/s1. The summed E-state index contributed by atoms with van der Waals surface area (Å²) >= 11 is 0. The van der Waals surface area contributed by atoms with E-state index in [1.807, 2.05) is 67.8 Å². The maximum atomic E-state index is 13.4. The summed E-state index contributed by atoms with van der Waals surface area (Å²) in [6.45, 7) is 6.94. The van der Waals surface area contributed by atoms with Crippen LogP contribution in [-0.2, 0) is 11.8 Å². The van der Waals surface area contributed by atoms with Crippen LogP contribution < -0.4 is 24.8 Å². The van der Waals surface area contributed by atoms with Gasteiger partial charge in [-0.25, -0.2) is 9.97 Å². The summed E-state index contributed by atoms with van der Waals surface area (Å²) in [6.07, 6.45) is 5.06. The number of nitrogens with one attached hydrogen (secondary N) is 1. The van der Waals surface area contributed by atoms with Crippen LogP contribution >= 0.6 is 0 Å². The van der Waals surface area contributed by atoms with Gasteiger partial charge in [0.15, 0.2) is 0 Å². The number of anilines is 4. The molecule has 3 aliphatic rings. The number of rotatable bonds is 6. The van der Waals surface area contributed by atoms with E-state index < -0.39 is 11.7 Å². The van der Waals surface area contributed by atoms with E-state index in [0.717, 1.165) is 66.9 Å². The molecule has 0 bridgehead atoms. The zero-order chi connectivity index (χ0) is 28.8. The number of aryl methyl sites for hydroxylation is 1. The number of hydrogen-bond donors (Lipinski definition) is 1. The number of carbonyl (C=O) groups is 2. The SMILES string of the molecule is Cc1cc(-c2ccccc2)c(C(=O)C(=O)Nc2ccc3c(c2)OC[C@H]2CN(c4ncc(N5CCC5)cn4)CCN32)n1C. The van der Waals surface area contributed by atoms with E-state index >= 15 is 0 Å². The summed E-state index contributed by atoms with van der Waals surface area (Å²) in [4.78, 5) is 42.7. The third kappa shape index (κ3) is 4.62. The maximum Gasteiger partial charge on any atom is 0.298 e. The molecule has 1 N–H and O–H groups in total. The van der Waals surface area contributed by atoms with E-state index in [1.54, 1.807) is 17.7 Å². The molecule has 4 aromatic rings. The number of hydrogen-bond acceptors (Lipinski definition) is 8. The van der Waals surface area contributed by atoms with Crippen molar-refractivity contribution < 1.29 is 14.3 Å². The van der Waals surface area contributed by atoms with Crippen LogP contribution in [0.1, 0.15) is 22.6 Å². The van der Waals surface area contributed by atoms with Crippen molar-refractivity contribution >= 4 is 34.7 Å². The Morgan fingerprint density at radius 3 is 2.48 bits per heavy atom. The van der Waals surface area contributed by atoms with Gasteiger partial charge in [0.25, 0.3) is 11.7 Å². The molecule has 42 heavy (non-hydrogen) atoms. The van der Waals surface area contributed by atoms with Crippen molar-refractivity contribution in [3.63, 3.8) is 0 Å². The lowest BCUT2D eigenvalue weighted by molar-refractivity contribution is -0.112. The van der Waals surface area contributed by atoms with Crippen LogP contribution in [0, 0.1) is 6.92 Å². The zero-order valence-electron chi connectivity index (χ0n) is 23.8. The lowest BCUT2D eigenvalue weighted by Crippen LogP contribution is -2.57. The van der Waals surface area contributed by atoms with Crippen LogP contribution in [0.5, 0.6) is 5.75 Å². The second-order valence-corrected chi connectivity index (χ2v) is 11.1. The van der Waals surface area contributed by atoms with Gasteiger partial charge in [-0.2, -0.15) is 0 Å². The van der Waals surface area contributed by atoms with E-state index in [1.165, 1.54) is 6.42 Å². The highest BCUT2D eigenvalue weighted by molar-refractivity contribution is 6.47. The van der Waals surface area contributed by atoms with E-state index in [4.69, 9.17) is 4.74 Å². The van der Waals surface area contributed by atoms with Crippen molar-refractivity contribution in [2.24, 2.45) is 7.05 Å². The molecule has 0 aliphatic carbocycles. The first-order valence-electron chi connectivity index (χ1n) is 14.4. The van der Waals surface area contributed by atoms with Crippen LogP contribution in [0.2, 0.25) is 0 Å². The number of amides is 1. The molecule has 0 unspecified atom stereocenters. The number of ether oxygens (including phenoxy) is 1. The predicted molar refractivity (Wildman–Crippen MR) is 163 cm³/mol. The first-order chi connectivity index (χ1) is 20.5. The Kier molecular flexibility index (Phi) is 6.53. The quantitative estimate of drug-likeness (QED) is 0.279. The number of piperazine rings is 1. The molecular weight excluding hydrogens is 530 g/mol. The van der Waals surface area contributed by atoms with Gasteiger partial charge in [0.1, 0.15) is 18.1 Å². The number of nitrogens with zero attached hydrogens (tertiary/aromatic N) is 6. The second kappa shape index (κ2) is 10.5. The molecular formula is C32H33N7O3. The van der Waals surface area contributed by atoms with E-state index in [9.17, 15) is 9.59 Å². The molecule has 0 radical (unpaired) electrons. The fraction of sp³-hybridized carbons (Fsp3) is 0.312. The highest BCUT2D eigenvalue weighted by atomic mass is 16.5. The molecule has 3 aliphatic heterocycles. The maximum absolute atomic E-state index is 13.4. The molecule has 1 atom stereocenters. The topological polar surface area (TPSA) is 95.8 Å². The normalized spacial score (nSPS) is 17.6. The Hall–Kier alpha value is -4.86. The van der Waals surface area contributed by atoms with Gasteiger partial charge in [-0.3, -0.25) is 9.59 Å². The highest BCUT2D eigenvalue weighted by Crippen LogP contribution is 2.38. The first-order valence-corrected chi connectivity index (χ1v) is 14.4. The van der Waals surface area contributed by atoms with Gasteiger partial charge in [0, 0.05) is 62.8 Å². The average molecular weight is 564 g/mol. The van der Waals surface area contributed by atoms with E-state index in [-0.39, 0.29) is 6.04 Å². The largest absolute Gasteiger partial charge is 0.489 e. The number of carbonyl (C=O) groups excluding carboxylic acids is 2. The Morgan fingerprint density at radius 1 is 0.952 bits per heavy atom. The number of aromatic nitrogens is 3. The Bertz CT molecular complexity index is 1650. The average Bonchev–Trinajstić information content (AvgIpc) is 3.29. The van der Waals surface area contributed by atoms with E-state index in [2.05, 4.69) is 30.0 Å². The smallest absolute Gasteiger partial charge is 0.298 e. The molecule has 10 nitrogen and oxygen atoms in total. The van der Waals surface area contributed by atoms with Gasteiger partial charge < -0.3 is 29.3 Å². The zero-order valence-corrected chi connectivity index (χ0v) is 23.8. The molecule has 0 saturated carbocycles. The van der Waals surface area contributed by atoms with Crippen molar-refractivity contribution in [1.29, 1.82) is 0 Å². The van der Waals surface area contributed by atoms with Crippen molar-refractivity contribution in [2.45, 2.75) is 19.4 Å². The van der Waals surface area contributed by atoms with Crippen molar-refractivity contribution in [1.82, 2.24) is 14.5 Å². The van der Waals surface area contributed by atoms with Crippen LogP contribution in [0.15, 0.2) is 67.0 Å². The fourth-order valence-electron chi connectivity index (χ4n) is 5.98. The third-order valence-electron chi connectivity index (χ3n) is 8.55. The fourth-order valence-corrected chi connectivity index (χ4v) is 5.98. The number of ketones is 1. The molecule has 10 heteroatoms. The highest BCUT2D eigenvalue weighted by Gasteiger charge is 2.34. The molecule has 7 rings (SSSR count). The van der Waals surface area contributed by atoms with Gasteiger partial charge >= 0.3 is 0 Å². The van der Waals surface area contributed by atoms with Crippen LogP contribution in [0.3, 0.4) is 0 Å². The molecule has 1 amide bonds. The number of benzene rings is 2. The van der Waals surface area contributed by atoms with Crippen LogP contribution in [0.25, 0.3) is 11.1 Å². The predicted octanol–water partition coefficient (Wildman–Crippen LogP) is 3.91. The van der Waals surface area contributed by atoms with Gasteiger partial charge in [-0.05, 0) is 37.1 Å². The van der Waals surface area contributed by atoms with E-state index in [0.29, 0.717) is 23.7 Å². The minimum atomic E-state index is -0.684. The van der Waals surface area contributed by atoms with Crippen molar-refractivity contribution in [3.8, 4) is 16.9 Å². The molecule has 214 valence electrons. The summed E-state index contributed by atoms with van der Waals surface area (Å²) < 4.78 is 7.93. The van der Waals surface area contributed by atoms with Gasteiger partial charge in [0.2, 0.25) is 5.95 Å². The molecule has 5 heterocycles. The molecule has 0 spiro atoms. The summed E-state index contributed by atoms with van der Waals surface area (Å²) in [5.41, 5.74) is 5.48. The summed E-state index contributed by atoms with van der Waals surface area (Å²) in [7, 11) is 1.81. The Balaban J connectivity index is 1.04. The molecule has 2 saturated heterocycles. The van der Waals surface area contributed by atoms with Crippen LogP contribution in [-0.4, -0.2) is 71.6 Å². The van der Waals surface area contributed by atoms with Gasteiger partial charge in [0.05, 0.1) is 29.8 Å². The van der Waals surface area contributed by atoms with Crippen LogP contribution in [0.4, 0.5) is 23.0 Å². The lowest BCUT2D eigenvalue weighted by Gasteiger charge is -2.45. The Morgan fingerprint density at radius 2 is 1.74 bits per heavy atom. The van der Waals surface area contributed by atoms with Crippen molar-refractivity contribution in [2.75, 3.05) is 59.3 Å². The van der Waals surface area contributed by atoms with Gasteiger partial charge in [-0.1, -0.05) is 30.3 Å². The summed E-state index contributed by atoms with van der Waals surface area (Å²) in [5.74, 6) is 0.172. The second-order valence-electron chi connectivity index (χ2n) is 11.1. The summed E-state index contributed by atoms with van der Waals surface area (Å²) in [6, 6.07) is 17.3. The summed E-state index contributed by atoms with van der Waals surface area (Å²) in [5, 5.41) is 2.80. The number of Topliss-reactive ketones (excluding diaryl/α,β-unsaturated/α-hetero) is 1. The lowest BCUT2D eigenvalue weighted by atomic mass is 10.0. The minimum absolute atomic E-state index is 0.156. The Labute approximate surface area is 244 Å². The number of fused-ring (bicyclic) bond motifs is 3. The minimum Gasteiger partial charge on any atom is -0.489 e. The van der Waals surface area contributed by atoms with Crippen molar-refractivity contribution in [3.05, 3.63) is 78.4 Å².